The van der Waals surface area contributed by atoms with Gasteiger partial charge in [-0.2, -0.15) is 0 Å². The summed E-state index contributed by atoms with van der Waals surface area (Å²) in [5.74, 6) is -0.266. The lowest BCUT2D eigenvalue weighted by molar-refractivity contribution is 0.225. The van der Waals surface area contributed by atoms with Crippen LogP contribution >= 0.6 is 27.3 Å². The first-order valence-electron chi connectivity index (χ1n) is 6.19. The third-order valence-electron chi connectivity index (χ3n) is 3.28. The Hall–Kier alpha value is -1.23. The largest absolute Gasteiger partial charge is 0.383 e. The van der Waals surface area contributed by atoms with E-state index in [1.807, 2.05) is 25.1 Å². The molecule has 0 radical (unpaired) electrons. The maximum Gasteiger partial charge on any atom is 0.131 e. The Morgan fingerprint density at radius 2 is 1.85 bits per heavy atom. The van der Waals surface area contributed by atoms with Gasteiger partial charge in [0, 0.05) is 14.7 Å². The molecule has 0 spiro atoms. The monoisotopic (exact) mass is 350 g/mol. The molecule has 0 saturated carbocycles. The van der Waals surface area contributed by atoms with Crippen LogP contribution in [0.25, 0.3) is 10.8 Å². The first-order chi connectivity index (χ1) is 9.58. The summed E-state index contributed by atoms with van der Waals surface area (Å²) in [5.41, 5.74) is 0.726. The third kappa shape index (κ3) is 2.28. The zero-order valence-electron chi connectivity index (χ0n) is 10.7. The molecule has 0 aliphatic carbocycles. The standard InChI is InChI=1S/C16H12BrFOS/c1-9-8-13(17)16(20-9)15(19)12-6-7-14(18)11-5-3-2-4-10(11)12/h2-8,15,19H,1H3. The molecule has 2 aromatic carbocycles. The van der Waals surface area contributed by atoms with E-state index in [4.69, 9.17) is 0 Å². The predicted molar refractivity (Wildman–Crippen MR) is 84.7 cm³/mol. The van der Waals surface area contributed by atoms with Crippen molar-refractivity contribution in [2.45, 2.75) is 13.0 Å². The van der Waals surface area contributed by atoms with Crippen LogP contribution in [0.2, 0.25) is 0 Å². The normalized spacial score (nSPS) is 12.8. The summed E-state index contributed by atoms with van der Waals surface area (Å²) in [6.07, 6.45) is -0.756. The van der Waals surface area contributed by atoms with E-state index in [1.54, 1.807) is 18.2 Å². The number of hydrogen-bond acceptors (Lipinski definition) is 2. The predicted octanol–water partition coefficient (Wildman–Crippen LogP) is 5.19. The molecule has 1 N–H and O–H groups in total. The molecule has 102 valence electrons. The lowest BCUT2D eigenvalue weighted by Gasteiger charge is -2.13. The third-order valence-corrected chi connectivity index (χ3v) is 5.31. The maximum absolute atomic E-state index is 13.8. The van der Waals surface area contributed by atoms with Crippen molar-refractivity contribution in [1.29, 1.82) is 0 Å². The van der Waals surface area contributed by atoms with Gasteiger partial charge in [0.25, 0.3) is 0 Å². The molecule has 1 aromatic heterocycles. The lowest BCUT2D eigenvalue weighted by Crippen LogP contribution is -1.99. The average Bonchev–Trinajstić information content (AvgIpc) is 2.78. The van der Waals surface area contributed by atoms with Gasteiger partial charge in [0.05, 0.1) is 4.88 Å². The van der Waals surface area contributed by atoms with Crippen molar-refractivity contribution >= 4 is 38.0 Å². The van der Waals surface area contributed by atoms with Crippen molar-refractivity contribution in [2.75, 3.05) is 0 Å². The fourth-order valence-electron chi connectivity index (χ4n) is 2.35. The van der Waals surface area contributed by atoms with Crippen molar-refractivity contribution in [3.63, 3.8) is 0 Å². The minimum absolute atomic E-state index is 0.266. The highest BCUT2D eigenvalue weighted by molar-refractivity contribution is 9.10. The first-order valence-corrected chi connectivity index (χ1v) is 7.80. The average molecular weight is 351 g/mol. The van der Waals surface area contributed by atoms with Crippen LogP contribution in [-0.4, -0.2) is 5.11 Å². The summed E-state index contributed by atoms with van der Waals surface area (Å²) in [7, 11) is 0. The Morgan fingerprint density at radius 1 is 1.15 bits per heavy atom. The number of hydrogen-bond donors (Lipinski definition) is 1. The van der Waals surface area contributed by atoms with E-state index in [0.717, 1.165) is 25.2 Å². The number of thiophene rings is 1. The second-order valence-electron chi connectivity index (χ2n) is 4.65. The van der Waals surface area contributed by atoms with Crippen LogP contribution in [0.1, 0.15) is 21.4 Å². The number of fused-ring (bicyclic) bond motifs is 1. The Labute approximate surface area is 128 Å². The summed E-state index contributed by atoms with van der Waals surface area (Å²) in [6.45, 7) is 1.99. The maximum atomic E-state index is 13.8. The Morgan fingerprint density at radius 3 is 2.50 bits per heavy atom. The molecule has 3 rings (SSSR count). The molecular formula is C16H12BrFOS. The Balaban J connectivity index is 2.20. The van der Waals surface area contributed by atoms with Crippen molar-refractivity contribution < 1.29 is 9.50 Å². The van der Waals surface area contributed by atoms with Crippen molar-refractivity contribution in [3.8, 4) is 0 Å². The fraction of sp³-hybridized carbons (Fsp3) is 0.125. The summed E-state index contributed by atoms with van der Waals surface area (Å²) < 4.78 is 14.7. The summed E-state index contributed by atoms with van der Waals surface area (Å²) in [6, 6.07) is 12.3. The molecule has 0 aliphatic rings. The smallest absolute Gasteiger partial charge is 0.131 e. The highest BCUT2D eigenvalue weighted by atomic mass is 79.9. The van der Waals surface area contributed by atoms with Crippen molar-refractivity contribution in [2.24, 2.45) is 0 Å². The van der Waals surface area contributed by atoms with Crippen LogP contribution in [0.4, 0.5) is 4.39 Å². The molecule has 1 atom stereocenters. The molecule has 3 aromatic rings. The van der Waals surface area contributed by atoms with E-state index in [-0.39, 0.29) is 5.82 Å². The van der Waals surface area contributed by atoms with Gasteiger partial charge in [-0.1, -0.05) is 30.3 Å². The molecule has 0 amide bonds. The zero-order chi connectivity index (χ0) is 14.3. The molecule has 1 unspecified atom stereocenters. The van der Waals surface area contributed by atoms with E-state index in [1.165, 1.54) is 17.4 Å². The van der Waals surface area contributed by atoms with Crippen LogP contribution in [0.3, 0.4) is 0 Å². The number of halogens is 2. The second-order valence-corrected chi connectivity index (χ2v) is 6.80. The highest BCUT2D eigenvalue weighted by Crippen LogP contribution is 2.38. The van der Waals surface area contributed by atoms with Crippen LogP contribution in [-0.2, 0) is 0 Å². The van der Waals surface area contributed by atoms with Crippen LogP contribution < -0.4 is 0 Å². The molecule has 1 heterocycles. The van der Waals surface area contributed by atoms with Crippen LogP contribution in [0.5, 0.6) is 0 Å². The zero-order valence-corrected chi connectivity index (χ0v) is 13.1. The Bertz CT molecular complexity index is 781. The van der Waals surface area contributed by atoms with Gasteiger partial charge in [-0.05, 0) is 45.9 Å². The molecular weight excluding hydrogens is 339 g/mol. The molecule has 0 bridgehead atoms. The quantitative estimate of drug-likeness (QED) is 0.673. The van der Waals surface area contributed by atoms with E-state index < -0.39 is 6.10 Å². The lowest BCUT2D eigenvalue weighted by atomic mass is 9.99. The topological polar surface area (TPSA) is 20.2 Å². The van der Waals surface area contributed by atoms with E-state index >= 15 is 0 Å². The summed E-state index contributed by atoms with van der Waals surface area (Å²) in [5, 5.41) is 11.9. The minimum Gasteiger partial charge on any atom is -0.383 e. The van der Waals surface area contributed by atoms with Gasteiger partial charge >= 0.3 is 0 Å². The van der Waals surface area contributed by atoms with Gasteiger partial charge in [0.15, 0.2) is 0 Å². The van der Waals surface area contributed by atoms with E-state index in [9.17, 15) is 9.50 Å². The summed E-state index contributed by atoms with van der Waals surface area (Å²) in [4.78, 5) is 1.97. The molecule has 0 saturated heterocycles. The van der Waals surface area contributed by atoms with E-state index in [0.29, 0.717) is 5.39 Å². The number of benzene rings is 2. The van der Waals surface area contributed by atoms with Gasteiger partial charge in [0.1, 0.15) is 11.9 Å². The van der Waals surface area contributed by atoms with Crippen LogP contribution in [0, 0.1) is 12.7 Å². The number of aliphatic hydroxyl groups is 1. The van der Waals surface area contributed by atoms with Crippen LogP contribution in [0.15, 0.2) is 46.9 Å². The van der Waals surface area contributed by atoms with Gasteiger partial charge in [0.2, 0.25) is 0 Å². The number of rotatable bonds is 2. The second kappa shape index (κ2) is 5.28. The fourth-order valence-corrected chi connectivity index (χ4v) is 4.23. The molecule has 4 heteroatoms. The van der Waals surface area contributed by atoms with Gasteiger partial charge in [-0.15, -0.1) is 11.3 Å². The molecule has 1 nitrogen and oxygen atoms in total. The van der Waals surface area contributed by atoms with Crippen molar-refractivity contribution in [1.82, 2.24) is 0 Å². The number of aryl methyl sites for hydroxylation is 1. The molecule has 20 heavy (non-hydrogen) atoms. The minimum atomic E-state index is -0.756. The number of aliphatic hydroxyl groups excluding tert-OH is 1. The molecule has 0 aliphatic heterocycles. The van der Waals surface area contributed by atoms with E-state index in [2.05, 4.69) is 15.9 Å². The first kappa shape index (κ1) is 13.7. The molecule has 0 fully saturated rings. The Kier molecular flexibility index (Phi) is 3.63. The van der Waals surface area contributed by atoms with Crippen molar-refractivity contribution in [3.05, 3.63) is 68.1 Å². The van der Waals surface area contributed by atoms with Gasteiger partial charge in [-0.25, -0.2) is 4.39 Å². The van der Waals surface area contributed by atoms with Gasteiger partial charge < -0.3 is 5.11 Å². The SMILES string of the molecule is Cc1cc(Br)c(C(O)c2ccc(F)c3ccccc23)s1. The highest BCUT2D eigenvalue weighted by Gasteiger charge is 2.19. The summed E-state index contributed by atoms with van der Waals surface area (Å²) >= 11 is 5.01. The van der Waals surface area contributed by atoms with Gasteiger partial charge in [-0.3, -0.25) is 0 Å².